The molecule has 3 N–H and O–H groups in total. The van der Waals surface area contributed by atoms with Gasteiger partial charge in [-0.25, -0.2) is 0 Å². The number of nitrogens with one attached hydrogen (secondary N) is 1. The summed E-state index contributed by atoms with van der Waals surface area (Å²) in [6.45, 7) is 1.71. The van der Waals surface area contributed by atoms with Crippen molar-refractivity contribution in [1.82, 2.24) is 14.9 Å². The van der Waals surface area contributed by atoms with Gasteiger partial charge >= 0.3 is 0 Å². The SMILES string of the molecule is Cl.Cl.Oc1nc2ccccc2n1CCC[C@H]1NCCC[C@@H]1O. The number of aliphatic hydroxyl groups excluding tert-OH is 1. The van der Waals surface area contributed by atoms with Crippen LogP contribution in [0.15, 0.2) is 24.3 Å². The summed E-state index contributed by atoms with van der Waals surface area (Å²) >= 11 is 0. The fourth-order valence-electron chi connectivity index (χ4n) is 2.98. The number of para-hydroxylation sites is 2. The number of aryl methyl sites for hydroxylation is 1. The highest BCUT2D eigenvalue weighted by Gasteiger charge is 2.22. The van der Waals surface area contributed by atoms with Crippen molar-refractivity contribution < 1.29 is 10.2 Å². The Bertz CT molecular complexity index is 591. The van der Waals surface area contributed by atoms with Gasteiger partial charge in [0, 0.05) is 12.6 Å². The molecule has 0 spiro atoms. The van der Waals surface area contributed by atoms with E-state index in [2.05, 4.69) is 10.3 Å². The highest BCUT2D eigenvalue weighted by atomic mass is 35.5. The molecule has 0 saturated carbocycles. The molecular formula is C15H23Cl2N3O2. The number of benzene rings is 1. The average Bonchev–Trinajstić information content (AvgIpc) is 2.77. The Morgan fingerprint density at radius 1 is 1.27 bits per heavy atom. The summed E-state index contributed by atoms with van der Waals surface area (Å²) in [7, 11) is 0. The lowest BCUT2D eigenvalue weighted by molar-refractivity contribution is 0.0908. The maximum absolute atomic E-state index is 9.92. The van der Waals surface area contributed by atoms with Crippen LogP contribution < -0.4 is 5.32 Å². The molecule has 22 heavy (non-hydrogen) atoms. The zero-order chi connectivity index (χ0) is 13.9. The summed E-state index contributed by atoms with van der Waals surface area (Å²) in [5.74, 6) is 0. The predicted molar refractivity (Wildman–Crippen MR) is 92.2 cm³/mol. The van der Waals surface area contributed by atoms with Crippen molar-refractivity contribution in [2.24, 2.45) is 0 Å². The number of piperidine rings is 1. The van der Waals surface area contributed by atoms with Gasteiger partial charge in [0.15, 0.2) is 0 Å². The van der Waals surface area contributed by atoms with Gasteiger partial charge < -0.3 is 15.5 Å². The summed E-state index contributed by atoms with van der Waals surface area (Å²) in [5, 5.41) is 23.2. The number of hydrogen-bond donors (Lipinski definition) is 3. The fourth-order valence-corrected chi connectivity index (χ4v) is 2.98. The molecule has 0 amide bonds. The van der Waals surface area contributed by atoms with Crippen LogP contribution in [-0.2, 0) is 6.54 Å². The quantitative estimate of drug-likeness (QED) is 0.794. The van der Waals surface area contributed by atoms with E-state index in [4.69, 9.17) is 0 Å². The lowest BCUT2D eigenvalue weighted by Gasteiger charge is -2.29. The molecule has 1 fully saturated rings. The van der Waals surface area contributed by atoms with Crippen LogP contribution in [0, 0.1) is 0 Å². The van der Waals surface area contributed by atoms with Crippen LogP contribution in [0.25, 0.3) is 11.0 Å². The van der Waals surface area contributed by atoms with E-state index in [0.29, 0.717) is 0 Å². The normalized spacial score (nSPS) is 21.1. The number of aromatic nitrogens is 2. The van der Waals surface area contributed by atoms with Crippen molar-refractivity contribution in [3.8, 4) is 6.01 Å². The molecule has 1 aliphatic heterocycles. The molecule has 124 valence electrons. The van der Waals surface area contributed by atoms with Gasteiger partial charge in [-0.1, -0.05) is 12.1 Å². The van der Waals surface area contributed by atoms with Crippen molar-refractivity contribution in [2.75, 3.05) is 6.54 Å². The van der Waals surface area contributed by atoms with Gasteiger partial charge in [0.2, 0.25) is 0 Å². The zero-order valence-electron chi connectivity index (χ0n) is 12.3. The molecule has 0 radical (unpaired) electrons. The topological polar surface area (TPSA) is 70.3 Å². The Labute approximate surface area is 142 Å². The van der Waals surface area contributed by atoms with Gasteiger partial charge in [0.25, 0.3) is 6.01 Å². The van der Waals surface area contributed by atoms with Crippen molar-refractivity contribution in [3.63, 3.8) is 0 Å². The molecule has 0 aliphatic carbocycles. The summed E-state index contributed by atoms with van der Waals surface area (Å²) in [6, 6.07) is 7.99. The van der Waals surface area contributed by atoms with Crippen molar-refractivity contribution >= 4 is 35.8 Å². The number of aromatic hydroxyl groups is 1. The van der Waals surface area contributed by atoms with E-state index in [0.717, 1.165) is 49.8 Å². The van der Waals surface area contributed by atoms with Crippen molar-refractivity contribution in [1.29, 1.82) is 0 Å². The van der Waals surface area contributed by atoms with Crippen LogP contribution in [0.2, 0.25) is 0 Å². The van der Waals surface area contributed by atoms with Crippen LogP contribution in [-0.4, -0.2) is 38.5 Å². The first-order chi connectivity index (χ1) is 9.75. The van der Waals surface area contributed by atoms with Crippen LogP contribution in [0.5, 0.6) is 6.01 Å². The molecule has 3 rings (SSSR count). The lowest BCUT2D eigenvalue weighted by Crippen LogP contribution is -2.44. The van der Waals surface area contributed by atoms with E-state index < -0.39 is 0 Å². The zero-order valence-corrected chi connectivity index (χ0v) is 13.9. The molecule has 7 heteroatoms. The van der Waals surface area contributed by atoms with E-state index in [9.17, 15) is 10.2 Å². The van der Waals surface area contributed by atoms with E-state index in [1.165, 1.54) is 0 Å². The predicted octanol–water partition coefficient (Wildman–Crippen LogP) is 2.48. The van der Waals surface area contributed by atoms with Gasteiger partial charge in [0.05, 0.1) is 17.1 Å². The van der Waals surface area contributed by atoms with Gasteiger partial charge in [0.1, 0.15) is 0 Å². The lowest BCUT2D eigenvalue weighted by atomic mass is 9.97. The van der Waals surface area contributed by atoms with Gasteiger partial charge in [-0.3, -0.25) is 4.57 Å². The summed E-state index contributed by atoms with van der Waals surface area (Å²) in [6.07, 6.45) is 3.51. The molecule has 1 aliphatic rings. The van der Waals surface area contributed by atoms with E-state index in [1.807, 2.05) is 28.8 Å². The maximum Gasteiger partial charge on any atom is 0.294 e. The number of halogens is 2. The molecule has 5 nitrogen and oxygen atoms in total. The molecule has 2 aromatic rings. The number of hydrogen-bond acceptors (Lipinski definition) is 4. The Balaban J connectivity index is 0.00000121. The fraction of sp³-hybridized carbons (Fsp3) is 0.533. The van der Waals surface area contributed by atoms with Gasteiger partial charge in [-0.2, -0.15) is 4.98 Å². The molecule has 0 bridgehead atoms. The second kappa shape index (κ2) is 8.58. The van der Waals surface area contributed by atoms with Gasteiger partial charge in [-0.05, 0) is 44.4 Å². The number of fused-ring (bicyclic) bond motifs is 1. The third kappa shape index (κ3) is 4.04. The Morgan fingerprint density at radius 2 is 2.05 bits per heavy atom. The number of rotatable bonds is 4. The second-order valence-electron chi connectivity index (χ2n) is 5.46. The largest absolute Gasteiger partial charge is 0.480 e. The number of nitrogens with zero attached hydrogens (tertiary/aromatic N) is 2. The van der Waals surface area contributed by atoms with Crippen LogP contribution >= 0.6 is 24.8 Å². The molecule has 1 saturated heterocycles. The first-order valence-electron chi connectivity index (χ1n) is 7.31. The minimum Gasteiger partial charge on any atom is -0.480 e. The van der Waals surface area contributed by atoms with Gasteiger partial charge in [-0.15, -0.1) is 24.8 Å². The average molecular weight is 348 g/mol. The molecular weight excluding hydrogens is 325 g/mol. The Kier molecular flexibility index (Phi) is 7.42. The van der Waals surface area contributed by atoms with Crippen LogP contribution in [0.3, 0.4) is 0 Å². The van der Waals surface area contributed by atoms with Crippen LogP contribution in [0.1, 0.15) is 25.7 Å². The Morgan fingerprint density at radius 3 is 2.82 bits per heavy atom. The smallest absolute Gasteiger partial charge is 0.294 e. The minimum absolute atomic E-state index is 0. The first-order valence-corrected chi connectivity index (χ1v) is 7.31. The van der Waals surface area contributed by atoms with E-state index in [1.54, 1.807) is 0 Å². The van der Waals surface area contributed by atoms with Crippen molar-refractivity contribution in [3.05, 3.63) is 24.3 Å². The van der Waals surface area contributed by atoms with E-state index in [-0.39, 0.29) is 43.0 Å². The molecule has 0 unspecified atom stereocenters. The minimum atomic E-state index is -0.239. The molecule has 1 aromatic heterocycles. The number of aliphatic hydroxyl groups is 1. The third-order valence-corrected chi connectivity index (χ3v) is 4.08. The van der Waals surface area contributed by atoms with Crippen molar-refractivity contribution in [2.45, 2.75) is 44.4 Å². The highest BCUT2D eigenvalue weighted by molar-refractivity contribution is 5.85. The monoisotopic (exact) mass is 347 g/mol. The summed E-state index contributed by atoms with van der Waals surface area (Å²) in [5.41, 5.74) is 1.78. The Hall–Kier alpha value is -1.01. The first kappa shape index (κ1) is 19.0. The standard InChI is InChI=1S/C15H21N3O2.2ClH/c19-14-8-3-9-16-12(14)6-4-10-18-13-7-2-1-5-11(13)17-15(18)20;;/h1-2,5,7,12,14,16,19H,3-4,6,8-10H2,(H,17,20);2*1H/t12-,14+;;/m1../s1. The highest BCUT2D eigenvalue weighted by Crippen LogP contribution is 2.21. The summed E-state index contributed by atoms with van der Waals surface area (Å²) in [4.78, 5) is 4.15. The molecule has 2 atom stereocenters. The maximum atomic E-state index is 9.92. The molecule has 1 aromatic carbocycles. The third-order valence-electron chi connectivity index (χ3n) is 4.08. The van der Waals surface area contributed by atoms with E-state index >= 15 is 0 Å². The van der Waals surface area contributed by atoms with Crippen LogP contribution in [0.4, 0.5) is 0 Å². The summed E-state index contributed by atoms with van der Waals surface area (Å²) < 4.78 is 1.84. The second-order valence-corrected chi connectivity index (χ2v) is 5.46. The number of imidazole rings is 1. The molecule has 2 heterocycles.